The maximum atomic E-state index is 12.8. The van der Waals surface area contributed by atoms with Crippen molar-refractivity contribution in [3.63, 3.8) is 0 Å². The molecule has 3 aromatic carbocycles. The number of hydrogen-bond donors (Lipinski definition) is 2. The summed E-state index contributed by atoms with van der Waals surface area (Å²) in [6.45, 7) is 2.00. The molecule has 0 aliphatic carbocycles. The van der Waals surface area contributed by atoms with Gasteiger partial charge in [0.15, 0.2) is 11.4 Å². The van der Waals surface area contributed by atoms with Crippen molar-refractivity contribution in [2.75, 3.05) is 5.32 Å². The maximum absolute atomic E-state index is 12.8. The molecule has 2 N–H and O–H groups in total. The Hall–Kier alpha value is -3.93. The first-order chi connectivity index (χ1) is 13.6. The van der Waals surface area contributed by atoms with Gasteiger partial charge in [-0.05, 0) is 37.3 Å². The molecule has 1 heterocycles. The number of nitrogens with one attached hydrogen (secondary N) is 2. The molecule has 0 fully saturated rings. The van der Waals surface area contributed by atoms with Crippen molar-refractivity contribution in [3.8, 4) is 11.5 Å². The van der Waals surface area contributed by atoms with Crippen molar-refractivity contribution in [1.29, 1.82) is 0 Å². The third-order valence-corrected chi connectivity index (χ3v) is 4.30. The average molecular weight is 371 g/mol. The fourth-order valence-electron chi connectivity index (χ4n) is 2.86. The zero-order valence-corrected chi connectivity index (χ0v) is 15.1. The topological polar surface area (TPSA) is 84.1 Å². The first-order valence-corrected chi connectivity index (χ1v) is 8.74. The van der Waals surface area contributed by atoms with E-state index in [0.29, 0.717) is 28.0 Å². The third-order valence-electron chi connectivity index (χ3n) is 4.30. The van der Waals surface area contributed by atoms with Crippen LogP contribution in [0.25, 0.3) is 10.8 Å². The summed E-state index contributed by atoms with van der Waals surface area (Å²) in [6.07, 6.45) is 0. The summed E-state index contributed by atoms with van der Waals surface area (Å²) in [5.74, 6) is 0.737. The largest absolute Gasteiger partial charge is 0.455 e. The number of rotatable bonds is 4. The van der Waals surface area contributed by atoms with E-state index >= 15 is 0 Å². The molecule has 4 aromatic rings. The molecule has 0 radical (unpaired) electrons. The molecule has 0 bridgehead atoms. The molecule has 1 amide bonds. The molecule has 0 aliphatic rings. The summed E-state index contributed by atoms with van der Waals surface area (Å²) in [7, 11) is 0. The Morgan fingerprint density at radius 2 is 1.61 bits per heavy atom. The smallest absolute Gasteiger partial charge is 0.276 e. The van der Waals surface area contributed by atoms with Gasteiger partial charge in [0.1, 0.15) is 5.75 Å². The fourth-order valence-corrected chi connectivity index (χ4v) is 2.86. The lowest BCUT2D eigenvalue weighted by Crippen LogP contribution is -2.19. The van der Waals surface area contributed by atoms with Crippen LogP contribution in [0, 0.1) is 6.92 Å². The van der Waals surface area contributed by atoms with Gasteiger partial charge in [-0.15, -0.1) is 0 Å². The number of ether oxygens (including phenoxy) is 1. The van der Waals surface area contributed by atoms with E-state index in [0.717, 1.165) is 5.56 Å². The lowest BCUT2D eigenvalue weighted by atomic mass is 10.1. The number of benzene rings is 3. The van der Waals surface area contributed by atoms with E-state index < -0.39 is 5.91 Å². The monoisotopic (exact) mass is 371 g/mol. The molecular formula is C22H17N3O3. The van der Waals surface area contributed by atoms with Crippen LogP contribution >= 0.6 is 0 Å². The van der Waals surface area contributed by atoms with Crippen molar-refractivity contribution >= 4 is 22.4 Å². The van der Waals surface area contributed by atoms with Crippen LogP contribution in [0.5, 0.6) is 11.5 Å². The minimum Gasteiger partial charge on any atom is -0.455 e. The lowest BCUT2D eigenvalue weighted by Gasteiger charge is -2.12. The van der Waals surface area contributed by atoms with Crippen LogP contribution in [0.2, 0.25) is 0 Å². The molecule has 6 nitrogen and oxygen atoms in total. The van der Waals surface area contributed by atoms with Gasteiger partial charge in [0.2, 0.25) is 0 Å². The molecule has 6 heteroatoms. The van der Waals surface area contributed by atoms with Crippen LogP contribution in [0.1, 0.15) is 16.1 Å². The van der Waals surface area contributed by atoms with Crippen LogP contribution in [-0.2, 0) is 0 Å². The number of aromatic amines is 1. The molecule has 0 unspecified atom stereocenters. The van der Waals surface area contributed by atoms with Gasteiger partial charge >= 0.3 is 0 Å². The van der Waals surface area contributed by atoms with Gasteiger partial charge in [-0.3, -0.25) is 9.59 Å². The van der Waals surface area contributed by atoms with Gasteiger partial charge in [-0.2, -0.15) is 5.10 Å². The van der Waals surface area contributed by atoms with Gasteiger partial charge in [0.05, 0.1) is 11.1 Å². The Balaban J connectivity index is 1.65. The average Bonchev–Trinajstić information content (AvgIpc) is 2.71. The first kappa shape index (κ1) is 17.5. The summed E-state index contributed by atoms with van der Waals surface area (Å²) in [5.41, 5.74) is 1.44. The zero-order valence-electron chi connectivity index (χ0n) is 15.1. The molecule has 4 rings (SSSR count). The van der Waals surface area contributed by atoms with E-state index in [1.165, 1.54) is 0 Å². The number of fused-ring (bicyclic) bond motifs is 1. The van der Waals surface area contributed by atoms with Gasteiger partial charge in [0, 0.05) is 5.39 Å². The SMILES string of the molecule is Cc1ccc(Oc2ccccc2NC(=O)c2n[nH]c(=O)c3ccccc23)cc1. The first-order valence-electron chi connectivity index (χ1n) is 8.74. The third kappa shape index (κ3) is 3.48. The van der Waals surface area contributed by atoms with Gasteiger partial charge in [-0.25, -0.2) is 5.10 Å². The Bertz CT molecular complexity index is 1210. The van der Waals surface area contributed by atoms with Crippen LogP contribution < -0.4 is 15.6 Å². The van der Waals surface area contributed by atoms with E-state index in [2.05, 4.69) is 15.5 Å². The summed E-state index contributed by atoms with van der Waals surface area (Å²) < 4.78 is 5.91. The number of amides is 1. The number of carbonyl (C=O) groups is 1. The highest BCUT2D eigenvalue weighted by Gasteiger charge is 2.16. The standard InChI is InChI=1S/C22H17N3O3/c1-14-10-12-15(13-11-14)28-19-9-5-4-8-18(19)23-22(27)20-16-6-2-3-7-17(16)21(26)25-24-20/h2-13H,1H3,(H,23,27)(H,25,26). The minimum absolute atomic E-state index is 0.139. The van der Waals surface area contributed by atoms with Crippen LogP contribution in [-0.4, -0.2) is 16.1 Å². The number of aromatic nitrogens is 2. The number of H-pyrrole nitrogens is 1. The summed E-state index contributed by atoms with van der Waals surface area (Å²) in [5, 5.41) is 10.0. The van der Waals surface area contributed by atoms with Crippen LogP contribution in [0.4, 0.5) is 5.69 Å². The van der Waals surface area contributed by atoms with Crippen molar-refractivity contribution < 1.29 is 9.53 Å². The van der Waals surface area contributed by atoms with Crippen molar-refractivity contribution in [2.45, 2.75) is 6.92 Å². The molecule has 0 spiro atoms. The van der Waals surface area contributed by atoms with Gasteiger partial charge in [0.25, 0.3) is 11.5 Å². The van der Waals surface area contributed by atoms with Crippen molar-refractivity contribution in [2.24, 2.45) is 0 Å². The highest BCUT2D eigenvalue weighted by atomic mass is 16.5. The second kappa shape index (κ2) is 7.36. The lowest BCUT2D eigenvalue weighted by molar-refractivity contribution is 0.102. The highest BCUT2D eigenvalue weighted by molar-refractivity contribution is 6.11. The van der Waals surface area contributed by atoms with E-state index in [-0.39, 0.29) is 11.3 Å². The number of para-hydroxylation sites is 2. The van der Waals surface area contributed by atoms with E-state index in [9.17, 15) is 9.59 Å². The van der Waals surface area contributed by atoms with Crippen molar-refractivity contribution in [1.82, 2.24) is 10.2 Å². The van der Waals surface area contributed by atoms with Gasteiger partial charge < -0.3 is 10.1 Å². The molecule has 138 valence electrons. The quantitative estimate of drug-likeness (QED) is 0.561. The van der Waals surface area contributed by atoms with E-state index in [1.807, 2.05) is 37.3 Å². The molecule has 28 heavy (non-hydrogen) atoms. The second-order valence-electron chi connectivity index (χ2n) is 6.31. The molecule has 0 atom stereocenters. The molecule has 1 aromatic heterocycles. The van der Waals surface area contributed by atoms with Crippen LogP contribution in [0.15, 0.2) is 77.6 Å². The summed E-state index contributed by atoms with van der Waals surface area (Å²) in [6, 6.07) is 21.6. The normalized spacial score (nSPS) is 10.6. The summed E-state index contributed by atoms with van der Waals surface area (Å²) >= 11 is 0. The zero-order chi connectivity index (χ0) is 19.5. The molecule has 0 aliphatic heterocycles. The minimum atomic E-state index is -0.438. The Kier molecular flexibility index (Phi) is 4.60. The van der Waals surface area contributed by atoms with E-state index in [1.54, 1.807) is 42.5 Å². The number of nitrogens with zero attached hydrogens (tertiary/aromatic N) is 1. The Morgan fingerprint density at radius 3 is 2.39 bits per heavy atom. The number of carbonyl (C=O) groups excluding carboxylic acids is 1. The Labute approximate surface area is 160 Å². The number of anilines is 1. The summed E-state index contributed by atoms with van der Waals surface area (Å²) in [4.78, 5) is 24.8. The molecule has 0 saturated carbocycles. The fraction of sp³-hybridized carbons (Fsp3) is 0.0455. The maximum Gasteiger partial charge on any atom is 0.276 e. The Morgan fingerprint density at radius 1 is 0.929 bits per heavy atom. The van der Waals surface area contributed by atoms with E-state index in [4.69, 9.17) is 4.74 Å². The predicted molar refractivity (Wildman–Crippen MR) is 108 cm³/mol. The highest BCUT2D eigenvalue weighted by Crippen LogP contribution is 2.30. The predicted octanol–water partition coefficient (Wildman–Crippen LogP) is 4.28. The number of hydrogen-bond acceptors (Lipinski definition) is 4. The van der Waals surface area contributed by atoms with Crippen LogP contribution in [0.3, 0.4) is 0 Å². The van der Waals surface area contributed by atoms with Gasteiger partial charge in [-0.1, -0.05) is 48.0 Å². The molecular weight excluding hydrogens is 354 g/mol. The van der Waals surface area contributed by atoms with Crippen molar-refractivity contribution in [3.05, 3.63) is 94.4 Å². The molecule has 0 saturated heterocycles. The number of aryl methyl sites for hydroxylation is 1. The second-order valence-corrected chi connectivity index (χ2v) is 6.31.